The van der Waals surface area contributed by atoms with Crippen LogP contribution in [-0.2, 0) is 16.0 Å². The molecule has 2 amide bonds. The molecule has 7 heteroatoms. The molecule has 25 heavy (non-hydrogen) atoms. The van der Waals surface area contributed by atoms with Crippen molar-refractivity contribution in [2.45, 2.75) is 44.2 Å². The third-order valence-electron chi connectivity index (χ3n) is 4.95. The van der Waals surface area contributed by atoms with Gasteiger partial charge in [-0.05, 0) is 56.3 Å². The fourth-order valence-electron chi connectivity index (χ4n) is 3.57. The highest BCUT2D eigenvalue weighted by molar-refractivity contribution is 5.90. The van der Waals surface area contributed by atoms with Crippen LogP contribution in [0.2, 0.25) is 0 Å². The Morgan fingerprint density at radius 1 is 1.20 bits per heavy atom. The van der Waals surface area contributed by atoms with Gasteiger partial charge in [-0.2, -0.15) is 0 Å². The van der Waals surface area contributed by atoms with E-state index >= 15 is 0 Å². The van der Waals surface area contributed by atoms with Gasteiger partial charge in [-0.25, -0.2) is 0 Å². The Hall–Kier alpha value is -2.28. The molecule has 0 radical (unpaired) electrons. The lowest BCUT2D eigenvalue weighted by atomic mass is 10.1. The highest BCUT2D eigenvalue weighted by Crippen LogP contribution is 2.25. The van der Waals surface area contributed by atoms with Crippen molar-refractivity contribution in [2.24, 2.45) is 0 Å². The summed E-state index contributed by atoms with van der Waals surface area (Å²) in [7, 11) is 0. The predicted octanol–water partition coefficient (Wildman–Crippen LogP) is 0.499. The highest BCUT2D eigenvalue weighted by atomic mass is 16.3. The molecule has 2 heterocycles. The summed E-state index contributed by atoms with van der Waals surface area (Å²) in [5, 5.41) is 24.9. The minimum Gasteiger partial charge on any atom is -0.504 e. The molecule has 0 saturated carbocycles. The highest BCUT2D eigenvalue weighted by Gasteiger charge is 2.37. The summed E-state index contributed by atoms with van der Waals surface area (Å²) < 4.78 is 0. The lowest BCUT2D eigenvalue weighted by Crippen LogP contribution is -2.51. The number of carbonyl (C=O) groups excluding carboxylic acids is 2. The molecule has 1 aromatic rings. The van der Waals surface area contributed by atoms with E-state index in [2.05, 4.69) is 10.6 Å². The molecule has 2 saturated heterocycles. The summed E-state index contributed by atoms with van der Waals surface area (Å²) >= 11 is 0. The fraction of sp³-hybridized carbons (Fsp3) is 0.556. The Morgan fingerprint density at radius 3 is 2.76 bits per heavy atom. The van der Waals surface area contributed by atoms with Crippen molar-refractivity contribution in [1.29, 1.82) is 0 Å². The van der Waals surface area contributed by atoms with E-state index in [0.29, 0.717) is 25.9 Å². The first-order chi connectivity index (χ1) is 12.1. The van der Waals surface area contributed by atoms with Crippen LogP contribution in [0.25, 0.3) is 0 Å². The largest absolute Gasteiger partial charge is 0.504 e. The number of hydrogen-bond acceptors (Lipinski definition) is 5. The first-order valence-corrected chi connectivity index (χ1v) is 8.88. The van der Waals surface area contributed by atoms with Crippen LogP contribution in [0.15, 0.2) is 18.2 Å². The predicted molar refractivity (Wildman–Crippen MR) is 92.2 cm³/mol. The summed E-state index contributed by atoms with van der Waals surface area (Å²) in [6.07, 6.45) is 3.94. The van der Waals surface area contributed by atoms with Gasteiger partial charge in [-0.15, -0.1) is 0 Å². The van der Waals surface area contributed by atoms with E-state index in [1.54, 1.807) is 11.0 Å². The molecule has 0 aromatic heterocycles. The quantitative estimate of drug-likeness (QED) is 0.581. The third kappa shape index (κ3) is 4.04. The second-order valence-electron chi connectivity index (χ2n) is 6.70. The number of nitrogens with one attached hydrogen (secondary N) is 2. The van der Waals surface area contributed by atoms with Gasteiger partial charge in [0.05, 0.1) is 6.04 Å². The molecule has 4 N–H and O–H groups in total. The maximum Gasteiger partial charge on any atom is 0.242 e. The zero-order valence-corrected chi connectivity index (χ0v) is 14.2. The SMILES string of the molecule is O=C(NCCc1ccc(O)c(O)c1)[C@@H]1CCCN1C(=O)[C@@H]1CCCN1. The van der Waals surface area contributed by atoms with Crippen molar-refractivity contribution in [3.8, 4) is 11.5 Å². The summed E-state index contributed by atoms with van der Waals surface area (Å²) in [4.78, 5) is 26.7. The number of rotatable bonds is 5. The molecule has 2 atom stereocenters. The van der Waals surface area contributed by atoms with Crippen molar-refractivity contribution in [1.82, 2.24) is 15.5 Å². The van der Waals surface area contributed by atoms with Crippen LogP contribution in [-0.4, -0.2) is 58.6 Å². The van der Waals surface area contributed by atoms with Crippen LogP contribution in [0.5, 0.6) is 11.5 Å². The van der Waals surface area contributed by atoms with Crippen molar-refractivity contribution in [2.75, 3.05) is 19.6 Å². The lowest BCUT2D eigenvalue weighted by molar-refractivity contribution is -0.139. The molecule has 2 fully saturated rings. The van der Waals surface area contributed by atoms with Crippen molar-refractivity contribution < 1.29 is 19.8 Å². The fourth-order valence-corrected chi connectivity index (χ4v) is 3.57. The van der Waals surface area contributed by atoms with Crippen molar-refractivity contribution in [3.05, 3.63) is 23.8 Å². The number of likely N-dealkylation sites (tertiary alicyclic amines) is 1. The van der Waals surface area contributed by atoms with E-state index in [1.807, 2.05) is 0 Å². The van der Waals surface area contributed by atoms with Crippen LogP contribution in [0, 0.1) is 0 Å². The standard InChI is InChI=1S/C18H25N3O4/c22-15-6-5-12(11-16(15)23)7-9-20-17(24)14-4-2-10-21(14)18(25)13-3-1-8-19-13/h5-6,11,13-14,19,22-23H,1-4,7-10H2,(H,20,24)/t13-,14-/m0/s1. The number of phenolic OH excluding ortho intramolecular Hbond substituents is 2. The number of aromatic hydroxyl groups is 2. The number of benzene rings is 1. The second kappa shape index (κ2) is 7.74. The topological polar surface area (TPSA) is 102 Å². The molecule has 0 bridgehead atoms. The van der Waals surface area contributed by atoms with E-state index in [9.17, 15) is 19.8 Å². The van der Waals surface area contributed by atoms with E-state index in [-0.39, 0.29) is 35.4 Å². The van der Waals surface area contributed by atoms with Gasteiger partial charge in [0, 0.05) is 13.1 Å². The molecule has 0 aliphatic carbocycles. The van der Waals surface area contributed by atoms with Crippen LogP contribution in [0.3, 0.4) is 0 Å². The zero-order valence-electron chi connectivity index (χ0n) is 14.2. The number of amides is 2. The molecule has 136 valence electrons. The summed E-state index contributed by atoms with van der Waals surface area (Å²) in [6.45, 7) is 1.92. The van der Waals surface area contributed by atoms with Gasteiger partial charge >= 0.3 is 0 Å². The van der Waals surface area contributed by atoms with Gasteiger partial charge in [0.25, 0.3) is 0 Å². The van der Waals surface area contributed by atoms with E-state index in [1.165, 1.54) is 12.1 Å². The smallest absolute Gasteiger partial charge is 0.242 e. The minimum atomic E-state index is -0.386. The number of hydrogen-bond donors (Lipinski definition) is 4. The third-order valence-corrected chi connectivity index (χ3v) is 4.95. The van der Waals surface area contributed by atoms with E-state index < -0.39 is 0 Å². The maximum atomic E-state index is 12.6. The Labute approximate surface area is 147 Å². The maximum absolute atomic E-state index is 12.6. The molecule has 0 spiro atoms. The molecule has 1 aromatic carbocycles. The summed E-state index contributed by atoms with van der Waals surface area (Å²) in [5.74, 6) is -0.403. The Morgan fingerprint density at radius 2 is 2.04 bits per heavy atom. The Kier molecular flexibility index (Phi) is 5.43. The molecular weight excluding hydrogens is 322 g/mol. The van der Waals surface area contributed by atoms with E-state index in [0.717, 1.165) is 31.4 Å². The molecule has 2 aliphatic rings. The number of nitrogens with zero attached hydrogens (tertiary/aromatic N) is 1. The second-order valence-corrected chi connectivity index (χ2v) is 6.70. The van der Waals surface area contributed by atoms with Crippen LogP contribution in [0.1, 0.15) is 31.2 Å². The zero-order chi connectivity index (χ0) is 17.8. The molecule has 0 unspecified atom stereocenters. The first kappa shape index (κ1) is 17.5. The molecule has 7 nitrogen and oxygen atoms in total. The van der Waals surface area contributed by atoms with E-state index in [4.69, 9.17) is 0 Å². The average molecular weight is 347 g/mol. The monoisotopic (exact) mass is 347 g/mol. The van der Waals surface area contributed by atoms with Gasteiger partial charge in [0.2, 0.25) is 11.8 Å². The Bertz CT molecular complexity index is 643. The van der Waals surface area contributed by atoms with Crippen LogP contribution in [0.4, 0.5) is 0 Å². The normalized spacial score (nSPS) is 23.0. The summed E-state index contributed by atoms with van der Waals surface area (Å²) in [6, 6.07) is 4.09. The van der Waals surface area contributed by atoms with Gasteiger partial charge in [0.1, 0.15) is 6.04 Å². The summed E-state index contributed by atoms with van der Waals surface area (Å²) in [5.41, 5.74) is 0.824. The number of phenols is 2. The number of carbonyl (C=O) groups is 2. The van der Waals surface area contributed by atoms with Gasteiger partial charge in [-0.1, -0.05) is 6.07 Å². The van der Waals surface area contributed by atoms with Crippen molar-refractivity contribution in [3.63, 3.8) is 0 Å². The van der Waals surface area contributed by atoms with Crippen LogP contribution < -0.4 is 10.6 Å². The minimum absolute atomic E-state index is 0.0404. The van der Waals surface area contributed by atoms with Gasteiger partial charge < -0.3 is 25.7 Å². The average Bonchev–Trinajstić information content (AvgIpc) is 3.28. The van der Waals surface area contributed by atoms with Crippen molar-refractivity contribution >= 4 is 11.8 Å². The van der Waals surface area contributed by atoms with Gasteiger partial charge in [-0.3, -0.25) is 9.59 Å². The van der Waals surface area contributed by atoms with Crippen LogP contribution >= 0.6 is 0 Å². The first-order valence-electron chi connectivity index (χ1n) is 8.88. The lowest BCUT2D eigenvalue weighted by Gasteiger charge is -2.26. The Balaban J connectivity index is 1.51. The molecule has 3 rings (SSSR count). The molecule has 2 aliphatic heterocycles. The van der Waals surface area contributed by atoms with Gasteiger partial charge in [0.15, 0.2) is 11.5 Å². The molecular formula is C18H25N3O4.